The molecule has 27 heavy (non-hydrogen) atoms. The number of anilines is 1. The van der Waals surface area contributed by atoms with E-state index >= 15 is 0 Å². The summed E-state index contributed by atoms with van der Waals surface area (Å²) in [5.41, 5.74) is 4.80. The number of thiocarbonyl (C=S) groups is 1. The van der Waals surface area contributed by atoms with Gasteiger partial charge in [0.2, 0.25) is 5.11 Å². The fourth-order valence-electron chi connectivity index (χ4n) is 2.47. The van der Waals surface area contributed by atoms with Crippen molar-refractivity contribution in [3.63, 3.8) is 0 Å². The number of hydrogen-bond acceptors (Lipinski definition) is 3. The molecule has 5 nitrogen and oxygen atoms in total. The number of hydrazine groups is 1. The van der Waals surface area contributed by atoms with Gasteiger partial charge in [-0.15, -0.1) is 10.5 Å². The molecule has 0 aliphatic carbocycles. The molecule has 0 aromatic heterocycles. The van der Waals surface area contributed by atoms with Crippen LogP contribution in [-0.2, 0) is 0 Å². The maximum atomic E-state index is 5.83. The van der Waals surface area contributed by atoms with Gasteiger partial charge in [0.1, 0.15) is 0 Å². The van der Waals surface area contributed by atoms with Gasteiger partial charge in [-0.2, -0.15) is 0 Å². The Hall–Kier alpha value is -2.60. The van der Waals surface area contributed by atoms with Gasteiger partial charge >= 0.3 is 0 Å². The molecular weight excluding hydrogens is 358 g/mol. The van der Waals surface area contributed by atoms with Crippen molar-refractivity contribution in [2.75, 3.05) is 19.0 Å². The molecule has 3 N–H and O–H groups in total. The maximum absolute atomic E-state index is 5.83. The van der Waals surface area contributed by atoms with E-state index in [2.05, 4.69) is 22.8 Å². The summed E-state index contributed by atoms with van der Waals surface area (Å²) in [7, 11) is 1.65. The highest BCUT2D eigenvalue weighted by Crippen LogP contribution is 2.27. The predicted molar refractivity (Wildman–Crippen MR) is 115 cm³/mol. The van der Waals surface area contributed by atoms with Gasteiger partial charge in [0, 0.05) is 11.3 Å². The molecule has 2 aromatic rings. The molecule has 0 spiro atoms. The van der Waals surface area contributed by atoms with Crippen molar-refractivity contribution < 1.29 is 14.6 Å². The molecule has 2 rings (SSSR count). The first-order chi connectivity index (χ1) is 13.2. The van der Waals surface area contributed by atoms with Crippen LogP contribution in [0.4, 0.5) is 5.69 Å². The van der Waals surface area contributed by atoms with Crippen LogP contribution in [0.1, 0.15) is 38.2 Å². The predicted octanol–water partition coefficient (Wildman–Crippen LogP) is 3.06. The zero-order valence-corrected chi connectivity index (χ0v) is 16.8. The Morgan fingerprint density at radius 1 is 1.07 bits per heavy atom. The van der Waals surface area contributed by atoms with E-state index in [1.165, 1.54) is 19.3 Å². The molecule has 0 amide bonds. The number of hydrazone groups is 1. The highest BCUT2D eigenvalue weighted by atomic mass is 32.1. The second-order valence-electron chi connectivity index (χ2n) is 6.05. The third-order valence-corrected chi connectivity index (χ3v) is 4.10. The summed E-state index contributed by atoms with van der Waals surface area (Å²) in [6.45, 7) is 2.91. The lowest BCUT2D eigenvalue weighted by molar-refractivity contribution is -0.499. The van der Waals surface area contributed by atoms with Gasteiger partial charge in [-0.25, -0.2) is 0 Å². The lowest BCUT2D eigenvalue weighted by Gasteiger charge is -2.10. The van der Waals surface area contributed by atoms with E-state index in [-0.39, 0.29) is 0 Å². The Bertz CT molecular complexity index is 735. The first-order valence-corrected chi connectivity index (χ1v) is 9.65. The lowest BCUT2D eigenvalue weighted by Crippen LogP contribution is -2.82. The largest absolute Gasteiger partial charge is 0.493 e. The number of benzene rings is 2. The van der Waals surface area contributed by atoms with Gasteiger partial charge in [-0.3, -0.25) is 0 Å². The zero-order chi connectivity index (χ0) is 19.3. The Balaban J connectivity index is 1.85. The molecule has 0 bridgehead atoms. The van der Waals surface area contributed by atoms with Crippen molar-refractivity contribution in [1.29, 1.82) is 0 Å². The van der Waals surface area contributed by atoms with Crippen LogP contribution < -0.4 is 25.3 Å². The van der Waals surface area contributed by atoms with E-state index in [0.29, 0.717) is 17.5 Å². The van der Waals surface area contributed by atoms with Crippen molar-refractivity contribution in [3.8, 4) is 11.5 Å². The summed E-state index contributed by atoms with van der Waals surface area (Å²) in [6, 6.07) is 15.6. The summed E-state index contributed by atoms with van der Waals surface area (Å²) in [5.74, 6) is 1.48. The second kappa shape index (κ2) is 11.9. The number of para-hydroxylation sites is 1. The first-order valence-electron chi connectivity index (χ1n) is 9.24. The zero-order valence-electron chi connectivity index (χ0n) is 16.0. The third-order valence-electron chi connectivity index (χ3n) is 3.90. The molecule has 0 fully saturated rings. The van der Waals surface area contributed by atoms with Crippen LogP contribution in [0.15, 0.2) is 48.5 Å². The number of ether oxygens (including phenoxy) is 2. The van der Waals surface area contributed by atoms with Gasteiger partial charge in [0.15, 0.2) is 17.7 Å². The molecule has 0 aliphatic rings. The fourth-order valence-corrected chi connectivity index (χ4v) is 2.65. The van der Waals surface area contributed by atoms with Gasteiger partial charge in [0.25, 0.3) is 0 Å². The molecule has 0 radical (unpaired) electrons. The SMILES string of the molecule is CCCCCCOc1ccc(C=[NH+]NC(=S)Nc2ccccc2)cc1OC. The van der Waals surface area contributed by atoms with E-state index in [1.807, 2.05) is 54.7 Å². The van der Waals surface area contributed by atoms with Crippen LogP contribution in [0, 0.1) is 0 Å². The number of methoxy groups -OCH3 is 1. The Morgan fingerprint density at radius 2 is 1.89 bits per heavy atom. The molecule has 144 valence electrons. The van der Waals surface area contributed by atoms with E-state index in [0.717, 1.165) is 23.4 Å². The Labute approximate surface area is 166 Å². The highest BCUT2D eigenvalue weighted by Gasteiger charge is 2.06. The molecule has 0 heterocycles. The standard InChI is InChI=1S/C21H27N3O2S/c1-3-4-5-9-14-26-19-13-12-17(15-20(19)25-2)16-22-24-21(27)23-18-10-7-6-8-11-18/h6-8,10-13,15-16H,3-5,9,14H2,1-2H3,(H2,23,24,27)/p+1. The first kappa shape index (κ1) is 20.7. The molecular formula is C21H28N3O2S+. The minimum atomic E-state index is 0.483. The van der Waals surface area contributed by atoms with Crippen molar-refractivity contribution in [1.82, 2.24) is 5.43 Å². The van der Waals surface area contributed by atoms with Crippen LogP contribution in [0.5, 0.6) is 11.5 Å². The van der Waals surface area contributed by atoms with Crippen LogP contribution in [0.2, 0.25) is 0 Å². The van der Waals surface area contributed by atoms with Crippen molar-refractivity contribution >= 4 is 29.2 Å². The molecule has 0 atom stereocenters. The van der Waals surface area contributed by atoms with Crippen LogP contribution in [0.25, 0.3) is 0 Å². The molecule has 2 aromatic carbocycles. The van der Waals surface area contributed by atoms with Crippen LogP contribution >= 0.6 is 12.2 Å². The third kappa shape index (κ3) is 7.66. The van der Waals surface area contributed by atoms with Crippen molar-refractivity contribution in [2.45, 2.75) is 32.6 Å². The summed E-state index contributed by atoms with van der Waals surface area (Å²) >= 11 is 5.25. The summed E-state index contributed by atoms with van der Waals surface area (Å²) in [6.07, 6.45) is 6.53. The highest BCUT2D eigenvalue weighted by molar-refractivity contribution is 7.80. The molecule has 0 unspecified atom stereocenters. The van der Waals surface area contributed by atoms with Crippen molar-refractivity contribution in [2.24, 2.45) is 0 Å². The number of nitrogens with one attached hydrogen (secondary N) is 3. The van der Waals surface area contributed by atoms with Crippen molar-refractivity contribution in [3.05, 3.63) is 54.1 Å². The van der Waals surface area contributed by atoms with Gasteiger partial charge in [-0.05, 0) is 49.0 Å². The maximum Gasteiger partial charge on any atom is 0.228 e. The van der Waals surface area contributed by atoms with E-state index < -0.39 is 0 Å². The number of hydrogen-bond donors (Lipinski definition) is 3. The Morgan fingerprint density at radius 3 is 2.63 bits per heavy atom. The topological polar surface area (TPSA) is 56.5 Å². The average molecular weight is 387 g/mol. The minimum absolute atomic E-state index is 0.483. The monoisotopic (exact) mass is 386 g/mol. The van der Waals surface area contributed by atoms with Gasteiger partial charge in [0.05, 0.1) is 13.7 Å². The van der Waals surface area contributed by atoms with E-state index in [4.69, 9.17) is 21.7 Å². The fraction of sp³-hybridized carbons (Fsp3) is 0.333. The lowest BCUT2D eigenvalue weighted by atomic mass is 10.2. The van der Waals surface area contributed by atoms with E-state index in [9.17, 15) is 0 Å². The normalized spacial score (nSPS) is 10.6. The Kier molecular flexibility index (Phi) is 9.13. The summed E-state index contributed by atoms with van der Waals surface area (Å²) in [5, 5.41) is 6.56. The van der Waals surface area contributed by atoms with Crippen LogP contribution in [-0.4, -0.2) is 25.0 Å². The molecule has 0 saturated carbocycles. The van der Waals surface area contributed by atoms with Gasteiger partial charge < -0.3 is 14.8 Å². The van der Waals surface area contributed by atoms with Gasteiger partial charge in [-0.1, -0.05) is 44.4 Å². The minimum Gasteiger partial charge on any atom is -0.493 e. The van der Waals surface area contributed by atoms with Crippen LogP contribution in [0.3, 0.4) is 0 Å². The number of rotatable bonds is 10. The molecule has 0 saturated heterocycles. The molecule has 0 aliphatic heterocycles. The average Bonchev–Trinajstić information content (AvgIpc) is 2.69. The second-order valence-corrected chi connectivity index (χ2v) is 6.46. The summed E-state index contributed by atoms with van der Waals surface area (Å²) in [4.78, 5) is 0. The summed E-state index contributed by atoms with van der Waals surface area (Å²) < 4.78 is 11.3. The van der Waals surface area contributed by atoms with E-state index in [1.54, 1.807) is 7.11 Å². The molecule has 6 heteroatoms. The quantitative estimate of drug-likeness (QED) is 0.254. The number of unbranched alkanes of at least 4 members (excludes halogenated alkanes) is 3. The smallest absolute Gasteiger partial charge is 0.228 e.